The van der Waals surface area contributed by atoms with E-state index in [2.05, 4.69) is 10.2 Å². The molecule has 3 heterocycles. The summed E-state index contributed by atoms with van der Waals surface area (Å²) in [5, 5.41) is 5.02. The molecule has 0 aromatic carbocycles. The van der Waals surface area contributed by atoms with Gasteiger partial charge >= 0.3 is 6.03 Å². The van der Waals surface area contributed by atoms with Crippen LogP contribution in [0.25, 0.3) is 0 Å². The van der Waals surface area contributed by atoms with Gasteiger partial charge in [0.05, 0.1) is 12.0 Å². The lowest BCUT2D eigenvalue weighted by Gasteiger charge is -2.42. The highest BCUT2D eigenvalue weighted by Crippen LogP contribution is 2.41. The molecule has 1 N–H and O–H groups in total. The molecule has 0 unspecified atom stereocenters. The molecule has 6 heteroatoms. The molecule has 2 saturated heterocycles. The largest absolute Gasteiger partial charge is 0.342 e. The highest BCUT2D eigenvalue weighted by Gasteiger charge is 2.49. The van der Waals surface area contributed by atoms with Crippen molar-refractivity contribution in [1.29, 1.82) is 0 Å². The van der Waals surface area contributed by atoms with E-state index in [9.17, 15) is 9.59 Å². The molecule has 1 aromatic rings. The molecule has 3 aliphatic rings. The average molecular weight is 362 g/mol. The van der Waals surface area contributed by atoms with Crippen molar-refractivity contribution < 1.29 is 9.59 Å². The lowest BCUT2D eigenvalue weighted by atomic mass is 9.77. The van der Waals surface area contributed by atoms with Gasteiger partial charge < -0.3 is 15.1 Å². The number of hydrogen-bond donors (Lipinski definition) is 1. The minimum atomic E-state index is -0.317. The number of nitrogens with one attached hydrogen (secondary N) is 1. The zero-order chi connectivity index (χ0) is 17.3. The monoisotopic (exact) mass is 361 g/mol. The van der Waals surface area contributed by atoms with Crippen LogP contribution in [0.5, 0.6) is 0 Å². The fourth-order valence-corrected chi connectivity index (χ4v) is 5.07. The van der Waals surface area contributed by atoms with E-state index in [1.807, 2.05) is 22.4 Å². The quantitative estimate of drug-likeness (QED) is 0.896. The predicted octanol–water partition coefficient (Wildman–Crippen LogP) is 3.07. The molecular weight excluding hydrogens is 334 g/mol. The Labute approximate surface area is 153 Å². The van der Waals surface area contributed by atoms with Crippen LogP contribution in [0.2, 0.25) is 0 Å². The molecule has 3 amide bonds. The van der Waals surface area contributed by atoms with Gasteiger partial charge in [0.25, 0.3) is 0 Å². The molecule has 1 saturated carbocycles. The van der Waals surface area contributed by atoms with Gasteiger partial charge in [-0.1, -0.05) is 12.5 Å². The van der Waals surface area contributed by atoms with E-state index < -0.39 is 0 Å². The van der Waals surface area contributed by atoms with Gasteiger partial charge in [0.2, 0.25) is 5.91 Å². The zero-order valence-corrected chi connectivity index (χ0v) is 15.5. The van der Waals surface area contributed by atoms with Crippen LogP contribution in [0.1, 0.15) is 43.4 Å². The van der Waals surface area contributed by atoms with Gasteiger partial charge in [-0.05, 0) is 49.5 Å². The van der Waals surface area contributed by atoms with Crippen LogP contribution in [0.4, 0.5) is 4.79 Å². The summed E-state index contributed by atoms with van der Waals surface area (Å²) in [7, 11) is 0. The summed E-state index contributed by atoms with van der Waals surface area (Å²) in [6, 6.07) is 3.99. The van der Waals surface area contributed by atoms with Crippen LogP contribution in [0.3, 0.4) is 0 Å². The number of rotatable bonds is 4. The molecule has 1 spiro atoms. The van der Waals surface area contributed by atoms with Crippen LogP contribution in [0, 0.1) is 11.3 Å². The van der Waals surface area contributed by atoms with Crippen LogP contribution >= 0.6 is 11.3 Å². The SMILES string of the molecule is O=C(NCc1cccs1)N1CC[C@@]2(CCCN(CC3CCC3)C2=O)C1. The van der Waals surface area contributed by atoms with E-state index in [0.717, 1.165) is 37.2 Å². The van der Waals surface area contributed by atoms with Gasteiger partial charge in [0, 0.05) is 31.1 Å². The number of carbonyl (C=O) groups is 2. The van der Waals surface area contributed by atoms with E-state index in [0.29, 0.717) is 31.5 Å². The normalized spacial score (nSPS) is 27.0. The third kappa shape index (κ3) is 3.41. The van der Waals surface area contributed by atoms with Gasteiger partial charge in [0.1, 0.15) is 0 Å². The zero-order valence-electron chi connectivity index (χ0n) is 14.7. The van der Waals surface area contributed by atoms with Crippen molar-refractivity contribution >= 4 is 23.3 Å². The number of thiophene rings is 1. The molecule has 1 atom stereocenters. The first-order chi connectivity index (χ1) is 12.2. The van der Waals surface area contributed by atoms with Gasteiger partial charge in [-0.15, -0.1) is 11.3 Å². The molecular formula is C19H27N3O2S. The average Bonchev–Trinajstić information content (AvgIpc) is 3.23. The van der Waals surface area contributed by atoms with Crippen LogP contribution < -0.4 is 5.32 Å². The molecule has 3 fully saturated rings. The second-order valence-corrected chi connectivity index (χ2v) is 8.87. The van der Waals surface area contributed by atoms with E-state index in [1.54, 1.807) is 11.3 Å². The van der Waals surface area contributed by atoms with Crippen LogP contribution in [0.15, 0.2) is 17.5 Å². The van der Waals surface area contributed by atoms with Crippen molar-refractivity contribution in [3.8, 4) is 0 Å². The highest BCUT2D eigenvalue weighted by molar-refractivity contribution is 7.09. The van der Waals surface area contributed by atoms with Crippen molar-refractivity contribution in [1.82, 2.24) is 15.1 Å². The standard InChI is InChI=1S/C19H27N3O2S/c23-17-19(7-3-9-21(17)13-15-4-1-5-15)8-10-22(14-19)18(24)20-12-16-6-2-11-25-16/h2,6,11,15H,1,3-5,7-10,12-14H2,(H,20,24)/t19-/m0/s1. The molecule has 5 nitrogen and oxygen atoms in total. The Bertz CT molecular complexity index is 629. The smallest absolute Gasteiger partial charge is 0.317 e. The maximum Gasteiger partial charge on any atom is 0.317 e. The second kappa shape index (κ2) is 6.98. The summed E-state index contributed by atoms with van der Waals surface area (Å²) in [5.74, 6) is 1.02. The van der Waals surface area contributed by atoms with Gasteiger partial charge in [0.15, 0.2) is 0 Å². The fraction of sp³-hybridized carbons (Fsp3) is 0.684. The maximum atomic E-state index is 13.1. The fourth-order valence-electron chi connectivity index (χ4n) is 4.43. The molecule has 0 bridgehead atoms. The first kappa shape index (κ1) is 16.9. The lowest BCUT2D eigenvalue weighted by molar-refractivity contribution is -0.146. The summed E-state index contributed by atoms with van der Waals surface area (Å²) in [6.45, 7) is 3.69. The van der Waals surface area contributed by atoms with Crippen molar-refractivity contribution in [2.75, 3.05) is 26.2 Å². The van der Waals surface area contributed by atoms with E-state index in [1.165, 1.54) is 19.3 Å². The number of urea groups is 1. The Balaban J connectivity index is 1.34. The Kier molecular flexibility index (Phi) is 4.71. The number of hydrogen-bond acceptors (Lipinski definition) is 3. The molecule has 25 heavy (non-hydrogen) atoms. The van der Waals surface area contributed by atoms with Crippen molar-refractivity contribution in [2.24, 2.45) is 11.3 Å². The Morgan fingerprint density at radius 2 is 2.16 bits per heavy atom. The maximum absolute atomic E-state index is 13.1. The van der Waals surface area contributed by atoms with Crippen LogP contribution in [-0.2, 0) is 11.3 Å². The molecule has 0 radical (unpaired) electrons. The number of nitrogens with zero attached hydrogens (tertiary/aromatic N) is 2. The summed E-state index contributed by atoms with van der Waals surface area (Å²) >= 11 is 1.65. The Morgan fingerprint density at radius 3 is 2.88 bits per heavy atom. The van der Waals surface area contributed by atoms with Crippen molar-refractivity contribution in [3.05, 3.63) is 22.4 Å². The van der Waals surface area contributed by atoms with Gasteiger partial charge in [-0.2, -0.15) is 0 Å². The minimum Gasteiger partial charge on any atom is -0.342 e. The third-order valence-corrected chi connectivity index (χ3v) is 7.04. The lowest BCUT2D eigenvalue weighted by Crippen LogP contribution is -2.52. The molecule has 1 aromatic heterocycles. The second-order valence-electron chi connectivity index (χ2n) is 7.84. The molecule has 1 aliphatic carbocycles. The number of carbonyl (C=O) groups excluding carboxylic acids is 2. The van der Waals surface area contributed by atoms with E-state index in [4.69, 9.17) is 0 Å². The first-order valence-electron chi connectivity index (χ1n) is 9.51. The highest BCUT2D eigenvalue weighted by atomic mass is 32.1. The summed E-state index contributed by atoms with van der Waals surface area (Å²) in [6.07, 6.45) is 6.68. The minimum absolute atomic E-state index is 0.0332. The Hall–Kier alpha value is -1.56. The molecule has 2 aliphatic heterocycles. The molecule has 4 rings (SSSR count). The summed E-state index contributed by atoms with van der Waals surface area (Å²) in [4.78, 5) is 30.7. The Morgan fingerprint density at radius 1 is 1.28 bits per heavy atom. The van der Waals surface area contributed by atoms with E-state index in [-0.39, 0.29) is 11.4 Å². The summed E-state index contributed by atoms with van der Waals surface area (Å²) < 4.78 is 0. The van der Waals surface area contributed by atoms with Crippen LogP contribution in [-0.4, -0.2) is 47.9 Å². The van der Waals surface area contributed by atoms with Crippen molar-refractivity contribution in [3.63, 3.8) is 0 Å². The number of amides is 3. The van der Waals surface area contributed by atoms with Gasteiger partial charge in [-0.25, -0.2) is 4.79 Å². The number of likely N-dealkylation sites (tertiary alicyclic amines) is 2. The van der Waals surface area contributed by atoms with E-state index >= 15 is 0 Å². The number of piperidine rings is 1. The first-order valence-corrected chi connectivity index (χ1v) is 10.4. The molecule has 136 valence electrons. The van der Waals surface area contributed by atoms with Crippen molar-refractivity contribution in [2.45, 2.75) is 45.1 Å². The third-order valence-electron chi connectivity index (χ3n) is 6.16. The topological polar surface area (TPSA) is 52.7 Å². The summed E-state index contributed by atoms with van der Waals surface area (Å²) in [5.41, 5.74) is -0.317. The van der Waals surface area contributed by atoms with Gasteiger partial charge in [-0.3, -0.25) is 4.79 Å². The predicted molar refractivity (Wildman–Crippen MR) is 98.3 cm³/mol.